The van der Waals surface area contributed by atoms with Gasteiger partial charge in [-0.3, -0.25) is 0 Å². The van der Waals surface area contributed by atoms with Crippen LogP contribution in [0, 0.1) is 23.4 Å². The zero-order valence-electron chi connectivity index (χ0n) is 19.0. The van der Waals surface area contributed by atoms with Crippen LogP contribution in [0.5, 0.6) is 0 Å². The van der Waals surface area contributed by atoms with E-state index in [2.05, 4.69) is 15.6 Å². The summed E-state index contributed by atoms with van der Waals surface area (Å²) in [6.07, 6.45) is 2.58. The van der Waals surface area contributed by atoms with Crippen molar-refractivity contribution in [2.75, 3.05) is 19.8 Å². The second-order valence-corrected chi connectivity index (χ2v) is 9.57. The Labute approximate surface area is 199 Å². The number of nitrogens with zero attached hydrogens (tertiary/aromatic N) is 3. The van der Waals surface area contributed by atoms with Crippen LogP contribution in [0.4, 0.5) is 13.2 Å². The molecule has 0 radical (unpaired) electrons. The van der Waals surface area contributed by atoms with Crippen LogP contribution < -0.4 is 5.32 Å². The molecule has 2 saturated heterocycles. The molecule has 1 aromatic heterocycles. The second-order valence-electron chi connectivity index (χ2n) is 9.57. The molecular formula is C23H29F3N4O5. The number of aliphatic hydroxyl groups is 3. The zero-order valence-corrected chi connectivity index (χ0v) is 19.0. The van der Waals surface area contributed by atoms with Gasteiger partial charge in [-0.15, -0.1) is 5.10 Å². The maximum absolute atomic E-state index is 13.7. The van der Waals surface area contributed by atoms with Crippen molar-refractivity contribution in [2.24, 2.45) is 5.92 Å². The summed E-state index contributed by atoms with van der Waals surface area (Å²) in [6, 6.07) is 0.0200. The third-order valence-electron chi connectivity index (χ3n) is 7.42. The normalized spacial score (nSPS) is 33.7. The summed E-state index contributed by atoms with van der Waals surface area (Å²) >= 11 is 0. The van der Waals surface area contributed by atoms with Crippen LogP contribution in [0.25, 0.3) is 11.3 Å². The third-order valence-corrected chi connectivity index (χ3v) is 7.42. The second kappa shape index (κ2) is 9.75. The van der Waals surface area contributed by atoms with Gasteiger partial charge in [0, 0.05) is 5.56 Å². The maximum atomic E-state index is 13.7. The number of benzene rings is 1. The highest BCUT2D eigenvalue weighted by atomic mass is 19.2. The van der Waals surface area contributed by atoms with Crippen molar-refractivity contribution in [1.82, 2.24) is 20.3 Å². The van der Waals surface area contributed by atoms with Crippen LogP contribution in [-0.4, -0.2) is 80.2 Å². The summed E-state index contributed by atoms with van der Waals surface area (Å²) in [5, 5.41) is 43.6. The quantitative estimate of drug-likeness (QED) is 0.440. The highest BCUT2D eigenvalue weighted by Crippen LogP contribution is 2.43. The van der Waals surface area contributed by atoms with E-state index in [4.69, 9.17) is 9.47 Å². The van der Waals surface area contributed by atoms with E-state index in [1.54, 1.807) is 0 Å². The van der Waals surface area contributed by atoms with Gasteiger partial charge in [0.25, 0.3) is 0 Å². The predicted octanol–water partition coefficient (Wildman–Crippen LogP) is 1.28. The van der Waals surface area contributed by atoms with E-state index in [1.165, 1.54) is 19.0 Å². The molecule has 0 bridgehead atoms. The van der Waals surface area contributed by atoms with Crippen LogP contribution in [0.3, 0.4) is 0 Å². The fraction of sp³-hybridized carbons (Fsp3) is 0.652. The van der Waals surface area contributed by atoms with Gasteiger partial charge in [-0.2, -0.15) is 0 Å². The third kappa shape index (κ3) is 4.36. The number of halogens is 3. The number of rotatable bonds is 6. The summed E-state index contributed by atoms with van der Waals surface area (Å²) in [5.74, 6) is -5.38. The Morgan fingerprint density at radius 3 is 2.51 bits per heavy atom. The van der Waals surface area contributed by atoms with Crippen molar-refractivity contribution in [3.8, 4) is 11.3 Å². The Kier molecular flexibility index (Phi) is 6.85. The highest BCUT2D eigenvalue weighted by molar-refractivity contribution is 5.57. The van der Waals surface area contributed by atoms with E-state index in [0.29, 0.717) is 18.9 Å². The summed E-state index contributed by atoms with van der Waals surface area (Å²) in [5.41, 5.74) is -0.0585. The first-order valence-corrected chi connectivity index (χ1v) is 11.9. The van der Waals surface area contributed by atoms with E-state index in [1.807, 2.05) is 0 Å². The van der Waals surface area contributed by atoms with Crippen molar-refractivity contribution in [2.45, 2.75) is 68.3 Å². The molecule has 12 heteroatoms. The van der Waals surface area contributed by atoms with Gasteiger partial charge < -0.3 is 30.1 Å². The molecule has 3 aliphatic rings. The van der Waals surface area contributed by atoms with Crippen molar-refractivity contribution < 1.29 is 38.0 Å². The van der Waals surface area contributed by atoms with Crippen LogP contribution in [0.15, 0.2) is 18.3 Å². The maximum Gasteiger partial charge on any atom is 0.213 e. The molecule has 1 spiro atoms. The van der Waals surface area contributed by atoms with Crippen LogP contribution in [-0.2, 0) is 9.47 Å². The Morgan fingerprint density at radius 1 is 1.11 bits per heavy atom. The van der Waals surface area contributed by atoms with E-state index in [0.717, 1.165) is 36.2 Å². The van der Waals surface area contributed by atoms with E-state index in [9.17, 15) is 28.5 Å². The molecule has 0 unspecified atom stereocenters. The Morgan fingerprint density at radius 2 is 1.83 bits per heavy atom. The van der Waals surface area contributed by atoms with Crippen LogP contribution in [0.2, 0.25) is 0 Å². The molecule has 9 nitrogen and oxygen atoms in total. The lowest BCUT2D eigenvalue weighted by Crippen LogP contribution is -2.68. The number of hydrogen-bond donors (Lipinski definition) is 4. The standard InChI is InChI=1S/C23H29F3N4O5/c24-14-7-13(8-15(25)19(14)26)16-10-30(29-28-16)20-21(32)17(11-31)35-23(22(20)33)18(5-6-34-23)27-9-12-3-1-2-4-12/h7-8,10,12,17-18,20-22,27,31-33H,1-6,9,11H2/t17-,18-,20+,21+,22-,23+/m1/s1. The van der Waals surface area contributed by atoms with Crippen molar-refractivity contribution in [1.29, 1.82) is 0 Å². The number of aliphatic hydroxyl groups excluding tert-OH is 3. The minimum absolute atomic E-state index is 0.00605. The van der Waals surface area contributed by atoms with Gasteiger partial charge in [-0.05, 0) is 43.9 Å². The molecule has 3 heterocycles. The first kappa shape index (κ1) is 24.6. The first-order valence-electron chi connectivity index (χ1n) is 11.9. The molecule has 1 saturated carbocycles. The molecule has 35 heavy (non-hydrogen) atoms. The molecule has 1 aromatic carbocycles. The Balaban J connectivity index is 1.43. The van der Waals surface area contributed by atoms with Gasteiger partial charge in [0.2, 0.25) is 5.79 Å². The van der Waals surface area contributed by atoms with E-state index < -0.39 is 60.2 Å². The Hall–Kier alpha value is -2.09. The van der Waals surface area contributed by atoms with Gasteiger partial charge in [0.15, 0.2) is 17.5 Å². The number of ether oxygens (including phenoxy) is 2. The summed E-state index contributed by atoms with van der Waals surface area (Å²) in [7, 11) is 0. The molecule has 0 amide bonds. The lowest BCUT2D eigenvalue weighted by Gasteiger charge is -2.49. The smallest absolute Gasteiger partial charge is 0.213 e. The summed E-state index contributed by atoms with van der Waals surface area (Å²) in [6.45, 7) is 0.496. The van der Waals surface area contributed by atoms with Crippen LogP contribution in [0.1, 0.15) is 38.1 Å². The van der Waals surface area contributed by atoms with Crippen molar-refractivity contribution in [3.05, 3.63) is 35.8 Å². The SMILES string of the molecule is OC[C@H]1O[C@]2(OCC[C@H]2NCC2CCCC2)[C@H](O)[C@@H](n2cc(-c3cc(F)c(F)c(F)c3)nn2)[C@H]1O. The monoisotopic (exact) mass is 498 g/mol. The summed E-state index contributed by atoms with van der Waals surface area (Å²) in [4.78, 5) is 0. The van der Waals surface area contributed by atoms with Crippen molar-refractivity contribution >= 4 is 0 Å². The molecule has 4 N–H and O–H groups in total. The number of hydrogen-bond acceptors (Lipinski definition) is 8. The molecular weight excluding hydrogens is 469 g/mol. The fourth-order valence-corrected chi connectivity index (χ4v) is 5.54. The highest BCUT2D eigenvalue weighted by Gasteiger charge is 2.61. The van der Waals surface area contributed by atoms with Gasteiger partial charge in [0.05, 0.1) is 25.5 Å². The molecule has 192 valence electrons. The average molecular weight is 499 g/mol. The minimum atomic E-state index is -1.60. The van der Waals surface area contributed by atoms with E-state index >= 15 is 0 Å². The number of nitrogens with one attached hydrogen (secondary N) is 1. The Bertz CT molecular complexity index is 1030. The molecule has 1 aliphatic carbocycles. The average Bonchev–Trinajstić information content (AvgIpc) is 3.60. The van der Waals surface area contributed by atoms with Crippen molar-refractivity contribution in [3.63, 3.8) is 0 Å². The first-order chi connectivity index (χ1) is 16.8. The topological polar surface area (TPSA) is 122 Å². The predicted molar refractivity (Wildman–Crippen MR) is 115 cm³/mol. The minimum Gasteiger partial charge on any atom is -0.394 e. The number of aromatic nitrogens is 3. The molecule has 6 atom stereocenters. The van der Waals surface area contributed by atoms with Gasteiger partial charge >= 0.3 is 0 Å². The van der Waals surface area contributed by atoms with Gasteiger partial charge in [-0.1, -0.05) is 18.1 Å². The fourth-order valence-electron chi connectivity index (χ4n) is 5.54. The summed E-state index contributed by atoms with van der Waals surface area (Å²) < 4.78 is 53.9. The molecule has 5 rings (SSSR count). The van der Waals surface area contributed by atoms with Crippen LogP contribution >= 0.6 is 0 Å². The largest absolute Gasteiger partial charge is 0.394 e. The molecule has 3 fully saturated rings. The van der Waals surface area contributed by atoms with Gasteiger partial charge in [0.1, 0.15) is 30.0 Å². The molecule has 2 aliphatic heterocycles. The lowest BCUT2D eigenvalue weighted by atomic mass is 9.86. The van der Waals surface area contributed by atoms with E-state index in [-0.39, 0.29) is 11.3 Å². The lowest BCUT2D eigenvalue weighted by molar-refractivity contribution is -0.345. The molecule has 2 aromatic rings. The zero-order chi connectivity index (χ0) is 24.7. The van der Waals surface area contributed by atoms with Gasteiger partial charge in [-0.25, -0.2) is 17.9 Å².